The van der Waals surface area contributed by atoms with E-state index in [2.05, 4.69) is 43.9 Å². The third-order valence-corrected chi connectivity index (χ3v) is 4.82. The van der Waals surface area contributed by atoms with Gasteiger partial charge in [-0.25, -0.2) is 0 Å². The average Bonchev–Trinajstić information content (AvgIpc) is 2.47. The van der Waals surface area contributed by atoms with Crippen LogP contribution in [0.25, 0.3) is 0 Å². The van der Waals surface area contributed by atoms with Gasteiger partial charge < -0.3 is 5.73 Å². The molecule has 0 spiro atoms. The van der Waals surface area contributed by atoms with Crippen molar-refractivity contribution in [2.75, 3.05) is 19.6 Å². The molecule has 2 N–H and O–H groups in total. The van der Waals surface area contributed by atoms with E-state index in [9.17, 15) is 0 Å². The van der Waals surface area contributed by atoms with Crippen LogP contribution in [0.15, 0.2) is 18.2 Å². The van der Waals surface area contributed by atoms with Crippen LogP contribution in [-0.2, 0) is 18.4 Å². The molecule has 0 bridgehead atoms. The summed E-state index contributed by atoms with van der Waals surface area (Å²) in [5, 5.41) is 0. The van der Waals surface area contributed by atoms with E-state index < -0.39 is 0 Å². The monoisotopic (exact) mass is 260 g/mol. The average molecular weight is 260 g/mol. The smallest absolute Gasteiger partial charge is 0.0586 e. The van der Waals surface area contributed by atoms with Crippen molar-refractivity contribution in [3.63, 3.8) is 0 Å². The highest BCUT2D eigenvalue weighted by molar-refractivity contribution is 5.40. The molecule has 1 unspecified atom stereocenters. The number of hydrogen-bond acceptors (Lipinski definition) is 2. The summed E-state index contributed by atoms with van der Waals surface area (Å²) in [5.74, 6) is 0. The number of hydrogen-bond donors (Lipinski definition) is 1. The Hall–Kier alpha value is -0.860. The molecule has 2 heteroatoms. The Morgan fingerprint density at radius 1 is 1.21 bits per heavy atom. The number of benzene rings is 1. The molecule has 0 aromatic heterocycles. The SMILES string of the molecule is CCc1ccc2c(c1)CCCC2(CN)N(CC)CC. The Balaban J connectivity index is 2.49. The van der Waals surface area contributed by atoms with E-state index in [0.29, 0.717) is 0 Å². The number of nitrogens with two attached hydrogens (primary N) is 1. The summed E-state index contributed by atoms with van der Waals surface area (Å²) in [4.78, 5) is 2.55. The van der Waals surface area contributed by atoms with Crippen LogP contribution in [0.3, 0.4) is 0 Å². The van der Waals surface area contributed by atoms with E-state index in [1.54, 1.807) is 0 Å². The summed E-state index contributed by atoms with van der Waals surface area (Å²) >= 11 is 0. The highest BCUT2D eigenvalue weighted by Crippen LogP contribution is 2.39. The molecule has 0 radical (unpaired) electrons. The molecule has 0 saturated heterocycles. The largest absolute Gasteiger partial charge is 0.328 e. The van der Waals surface area contributed by atoms with Gasteiger partial charge in [0.15, 0.2) is 0 Å². The zero-order valence-corrected chi connectivity index (χ0v) is 12.7. The van der Waals surface area contributed by atoms with Gasteiger partial charge in [-0.3, -0.25) is 4.90 Å². The molecule has 0 heterocycles. The summed E-state index contributed by atoms with van der Waals surface area (Å²) in [6.07, 6.45) is 4.79. The van der Waals surface area contributed by atoms with E-state index >= 15 is 0 Å². The van der Waals surface area contributed by atoms with Crippen LogP contribution < -0.4 is 5.73 Å². The lowest BCUT2D eigenvalue weighted by Crippen LogP contribution is -2.53. The van der Waals surface area contributed by atoms with Crippen molar-refractivity contribution in [3.8, 4) is 0 Å². The summed E-state index contributed by atoms with van der Waals surface area (Å²) in [6.45, 7) is 9.59. The van der Waals surface area contributed by atoms with Crippen molar-refractivity contribution >= 4 is 0 Å². The van der Waals surface area contributed by atoms with Crippen LogP contribution in [0.4, 0.5) is 0 Å². The van der Waals surface area contributed by atoms with Gasteiger partial charge in [-0.05, 0) is 55.5 Å². The van der Waals surface area contributed by atoms with Gasteiger partial charge in [-0.2, -0.15) is 0 Å². The zero-order chi connectivity index (χ0) is 13.9. The lowest BCUT2D eigenvalue weighted by atomic mass is 9.74. The Morgan fingerprint density at radius 3 is 2.53 bits per heavy atom. The predicted molar refractivity (Wildman–Crippen MR) is 82.4 cm³/mol. The number of aryl methyl sites for hydroxylation is 2. The molecule has 19 heavy (non-hydrogen) atoms. The second-order valence-electron chi connectivity index (χ2n) is 5.61. The van der Waals surface area contributed by atoms with Crippen LogP contribution in [0.2, 0.25) is 0 Å². The maximum absolute atomic E-state index is 6.23. The van der Waals surface area contributed by atoms with Crippen LogP contribution in [-0.4, -0.2) is 24.5 Å². The number of rotatable bonds is 5. The lowest BCUT2D eigenvalue weighted by Gasteiger charge is -2.46. The first-order valence-corrected chi connectivity index (χ1v) is 7.79. The molecule has 2 rings (SSSR count). The first-order chi connectivity index (χ1) is 9.21. The van der Waals surface area contributed by atoms with E-state index in [-0.39, 0.29) is 5.54 Å². The van der Waals surface area contributed by atoms with Crippen LogP contribution in [0, 0.1) is 0 Å². The summed E-state index contributed by atoms with van der Waals surface area (Å²) in [6, 6.07) is 7.04. The fourth-order valence-electron chi connectivity index (χ4n) is 3.73. The maximum Gasteiger partial charge on any atom is 0.0586 e. The molecule has 106 valence electrons. The number of likely N-dealkylation sites (N-methyl/N-ethyl adjacent to an activating group) is 1. The van der Waals surface area contributed by atoms with Crippen molar-refractivity contribution in [3.05, 3.63) is 34.9 Å². The highest BCUT2D eigenvalue weighted by Gasteiger charge is 2.39. The maximum atomic E-state index is 6.23. The van der Waals surface area contributed by atoms with Gasteiger partial charge in [-0.1, -0.05) is 39.0 Å². The molecular formula is C17H28N2. The summed E-state index contributed by atoms with van der Waals surface area (Å²) < 4.78 is 0. The van der Waals surface area contributed by atoms with Gasteiger partial charge in [0.05, 0.1) is 5.54 Å². The van der Waals surface area contributed by atoms with Gasteiger partial charge in [0.25, 0.3) is 0 Å². The van der Waals surface area contributed by atoms with Gasteiger partial charge >= 0.3 is 0 Å². The molecule has 0 amide bonds. The predicted octanol–water partition coefficient (Wildman–Crippen LogP) is 3.08. The molecule has 2 nitrogen and oxygen atoms in total. The standard InChI is InChI=1S/C17H28N2/c1-4-14-9-10-16-15(12-14)8-7-11-17(16,13-18)19(5-2)6-3/h9-10,12H,4-8,11,13,18H2,1-3H3. The van der Waals surface area contributed by atoms with Crippen LogP contribution >= 0.6 is 0 Å². The minimum atomic E-state index is 0.0728. The minimum Gasteiger partial charge on any atom is -0.328 e. The van der Waals surface area contributed by atoms with Crippen molar-refractivity contribution in [1.29, 1.82) is 0 Å². The number of nitrogens with zero attached hydrogens (tertiary/aromatic N) is 1. The first kappa shape index (κ1) is 14.5. The fraction of sp³-hybridized carbons (Fsp3) is 0.647. The van der Waals surface area contributed by atoms with Crippen molar-refractivity contribution in [2.45, 2.75) is 52.0 Å². The lowest BCUT2D eigenvalue weighted by molar-refractivity contribution is 0.0857. The van der Waals surface area contributed by atoms with Gasteiger partial charge in [0.1, 0.15) is 0 Å². The molecular weight excluding hydrogens is 232 g/mol. The quantitative estimate of drug-likeness (QED) is 0.881. The molecule has 1 aliphatic rings. The van der Waals surface area contributed by atoms with Crippen LogP contribution in [0.5, 0.6) is 0 Å². The van der Waals surface area contributed by atoms with Crippen molar-refractivity contribution in [2.24, 2.45) is 5.73 Å². The van der Waals surface area contributed by atoms with Crippen LogP contribution in [0.1, 0.15) is 50.3 Å². The third kappa shape index (κ3) is 2.44. The second kappa shape index (κ2) is 6.06. The first-order valence-electron chi connectivity index (χ1n) is 7.79. The topological polar surface area (TPSA) is 29.3 Å². The van der Waals surface area contributed by atoms with E-state index in [1.165, 1.54) is 36.0 Å². The molecule has 1 aliphatic carbocycles. The number of fused-ring (bicyclic) bond motifs is 1. The second-order valence-corrected chi connectivity index (χ2v) is 5.61. The summed E-state index contributed by atoms with van der Waals surface area (Å²) in [5.41, 5.74) is 10.8. The Morgan fingerprint density at radius 2 is 1.95 bits per heavy atom. The van der Waals surface area contributed by atoms with E-state index in [1.807, 2.05) is 0 Å². The minimum absolute atomic E-state index is 0.0728. The summed E-state index contributed by atoms with van der Waals surface area (Å²) in [7, 11) is 0. The molecule has 1 atom stereocenters. The highest BCUT2D eigenvalue weighted by atomic mass is 15.2. The molecule has 0 fully saturated rings. The Labute approximate surface area is 118 Å². The Kier molecular flexibility index (Phi) is 4.64. The van der Waals surface area contributed by atoms with Gasteiger partial charge in [-0.15, -0.1) is 0 Å². The normalized spacial score (nSPS) is 22.6. The van der Waals surface area contributed by atoms with E-state index in [4.69, 9.17) is 5.73 Å². The van der Waals surface area contributed by atoms with E-state index in [0.717, 1.165) is 26.1 Å². The molecule has 0 saturated carbocycles. The molecule has 0 aliphatic heterocycles. The molecule has 1 aromatic rings. The Bertz CT molecular complexity index is 423. The molecule has 1 aromatic carbocycles. The van der Waals surface area contributed by atoms with Gasteiger partial charge in [0, 0.05) is 6.54 Å². The zero-order valence-electron chi connectivity index (χ0n) is 12.7. The van der Waals surface area contributed by atoms with Crippen molar-refractivity contribution < 1.29 is 0 Å². The third-order valence-electron chi connectivity index (χ3n) is 4.82. The fourth-order valence-corrected chi connectivity index (χ4v) is 3.73. The van der Waals surface area contributed by atoms with Gasteiger partial charge in [0.2, 0.25) is 0 Å². The van der Waals surface area contributed by atoms with Crippen molar-refractivity contribution in [1.82, 2.24) is 4.90 Å².